The third kappa shape index (κ3) is 3.94. The highest BCUT2D eigenvalue weighted by molar-refractivity contribution is 6.05. The van der Waals surface area contributed by atoms with Crippen molar-refractivity contribution in [3.05, 3.63) is 114 Å². The number of hydrogen-bond acceptors (Lipinski definition) is 2. The van der Waals surface area contributed by atoms with Gasteiger partial charge in [0.25, 0.3) is 5.91 Å². The van der Waals surface area contributed by atoms with Crippen LogP contribution in [0.25, 0.3) is 10.9 Å². The van der Waals surface area contributed by atoms with Gasteiger partial charge >= 0.3 is 0 Å². The van der Waals surface area contributed by atoms with Gasteiger partial charge in [-0.1, -0.05) is 78.9 Å². The number of carbonyl (C=O) groups is 1. The molecule has 0 aliphatic carbocycles. The zero-order valence-electron chi connectivity index (χ0n) is 15.6. The van der Waals surface area contributed by atoms with Gasteiger partial charge in [-0.05, 0) is 29.7 Å². The lowest BCUT2D eigenvalue weighted by Crippen LogP contribution is -2.26. The Balaban J connectivity index is 1.50. The summed E-state index contributed by atoms with van der Waals surface area (Å²) in [5.41, 5.74) is 4.03. The number of para-hydroxylation sites is 1. The van der Waals surface area contributed by atoms with Gasteiger partial charge < -0.3 is 5.32 Å². The maximum atomic E-state index is 12.8. The molecule has 4 rings (SSSR count). The highest BCUT2D eigenvalue weighted by Gasteiger charge is 2.15. The zero-order valence-corrected chi connectivity index (χ0v) is 15.6. The van der Waals surface area contributed by atoms with E-state index in [0.717, 1.165) is 17.3 Å². The fourth-order valence-electron chi connectivity index (χ4n) is 3.62. The van der Waals surface area contributed by atoms with Crippen LogP contribution in [0.2, 0.25) is 0 Å². The number of amides is 1. The smallest absolute Gasteiger partial charge is 0.252 e. The molecule has 0 fully saturated rings. The third-order valence-corrected chi connectivity index (χ3v) is 5.02. The van der Waals surface area contributed by atoms with Crippen LogP contribution in [0.1, 0.15) is 33.8 Å². The van der Waals surface area contributed by atoms with E-state index in [-0.39, 0.29) is 11.8 Å². The minimum absolute atomic E-state index is 0.0570. The monoisotopic (exact) mass is 366 g/mol. The molecule has 3 aromatic carbocycles. The van der Waals surface area contributed by atoms with Crippen LogP contribution >= 0.6 is 0 Å². The molecule has 4 aromatic rings. The van der Waals surface area contributed by atoms with Gasteiger partial charge in [-0.25, -0.2) is 0 Å². The second-order valence-corrected chi connectivity index (χ2v) is 6.79. The first-order chi connectivity index (χ1) is 13.8. The van der Waals surface area contributed by atoms with Crippen molar-refractivity contribution in [1.82, 2.24) is 10.3 Å². The average molecular weight is 366 g/mol. The van der Waals surface area contributed by atoms with Gasteiger partial charge in [0.15, 0.2) is 0 Å². The van der Waals surface area contributed by atoms with E-state index in [1.807, 2.05) is 36.4 Å². The number of nitrogens with zero attached hydrogens (tertiary/aromatic N) is 1. The first-order valence-electron chi connectivity index (χ1n) is 9.55. The van der Waals surface area contributed by atoms with E-state index in [1.165, 1.54) is 11.1 Å². The number of hydrogen-bond donors (Lipinski definition) is 1. The Hall–Kier alpha value is -3.46. The summed E-state index contributed by atoms with van der Waals surface area (Å²) < 4.78 is 0. The van der Waals surface area contributed by atoms with Gasteiger partial charge in [-0.3, -0.25) is 9.78 Å². The van der Waals surface area contributed by atoms with Gasteiger partial charge in [0, 0.05) is 24.0 Å². The number of fused-ring (bicyclic) bond motifs is 1. The molecule has 3 heteroatoms. The number of benzene rings is 3. The van der Waals surface area contributed by atoms with E-state index in [4.69, 9.17) is 0 Å². The minimum Gasteiger partial charge on any atom is -0.352 e. The summed E-state index contributed by atoms with van der Waals surface area (Å²) in [7, 11) is 0. The van der Waals surface area contributed by atoms with Crippen molar-refractivity contribution < 1.29 is 4.79 Å². The molecule has 3 nitrogen and oxygen atoms in total. The lowest BCUT2D eigenvalue weighted by atomic mass is 9.88. The van der Waals surface area contributed by atoms with Gasteiger partial charge in [0.2, 0.25) is 0 Å². The van der Waals surface area contributed by atoms with E-state index in [9.17, 15) is 4.79 Å². The molecule has 1 N–H and O–H groups in total. The van der Waals surface area contributed by atoms with Crippen molar-refractivity contribution in [3.8, 4) is 0 Å². The van der Waals surface area contributed by atoms with Crippen LogP contribution < -0.4 is 5.32 Å². The molecule has 1 amide bonds. The van der Waals surface area contributed by atoms with E-state index in [0.29, 0.717) is 12.1 Å². The molecule has 0 aliphatic heterocycles. The van der Waals surface area contributed by atoms with Crippen molar-refractivity contribution in [2.45, 2.75) is 12.3 Å². The van der Waals surface area contributed by atoms with Crippen molar-refractivity contribution in [1.29, 1.82) is 0 Å². The van der Waals surface area contributed by atoms with Crippen molar-refractivity contribution in [2.24, 2.45) is 0 Å². The molecule has 0 radical (unpaired) electrons. The Bertz CT molecular complexity index is 1020. The summed E-state index contributed by atoms with van der Waals surface area (Å²) in [6.07, 6.45) is 2.52. The third-order valence-electron chi connectivity index (χ3n) is 5.02. The fourth-order valence-corrected chi connectivity index (χ4v) is 3.62. The lowest BCUT2D eigenvalue weighted by molar-refractivity contribution is 0.0954. The summed E-state index contributed by atoms with van der Waals surface area (Å²) >= 11 is 0. The number of aromatic nitrogens is 1. The predicted octanol–water partition coefficient (Wildman–Crippen LogP) is 5.19. The molecular weight excluding hydrogens is 344 g/mol. The maximum Gasteiger partial charge on any atom is 0.252 e. The van der Waals surface area contributed by atoms with Crippen LogP contribution in [0, 0.1) is 0 Å². The number of nitrogens with one attached hydrogen (secondary N) is 1. The number of rotatable bonds is 6. The molecule has 0 atom stereocenters. The molecule has 28 heavy (non-hydrogen) atoms. The van der Waals surface area contributed by atoms with Gasteiger partial charge in [-0.15, -0.1) is 0 Å². The SMILES string of the molecule is O=C(NCCC(c1ccccc1)c1ccccc1)c1ccnc2ccccc12. The molecule has 0 saturated heterocycles. The topological polar surface area (TPSA) is 42.0 Å². The van der Waals surface area contributed by atoms with E-state index >= 15 is 0 Å². The fraction of sp³-hybridized carbons (Fsp3) is 0.120. The highest BCUT2D eigenvalue weighted by atomic mass is 16.1. The second kappa shape index (κ2) is 8.49. The van der Waals surface area contributed by atoms with E-state index < -0.39 is 0 Å². The Morgan fingerprint density at radius 1 is 0.786 bits per heavy atom. The number of carbonyl (C=O) groups excluding carboxylic acids is 1. The van der Waals surface area contributed by atoms with Crippen LogP contribution in [0.5, 0.6) is 0 Å². The first kappa shape index (κ1) is 17.9. The van der Waals surface area contributed by atoms with Crippen LogP contribution in [-0.2, 0) is 0 Å². The quantitative estimate of drug-likeness (QED) is 0.510. The molecule has 1 heterocycles. The summed E-state index contributed by atoms with van der Waals surface area (Å²) in [6.45, 7) is 0.601. The van der Waals surface area contributed by atoms with Crippen molar-refractivity contribution in [3.63, 3.8) is 0 Å². The largest absolute Gasteiger partial charge is 0.352 e. The standard InChI is InChI=1S/C25H22N2O/c28-25(23-16-17-26-24-14-8-7-13-22(23)24)27-18-15-21(19-9-3-1-4-10-19)20-11-5-2-6-12-20/h1-14,16-17,21H,15,18H2,(H,27,28). The zero-order chi connectivity index (χ0) is 19.2. The molecule has 0 saturated carbocycles. The van der Waals surface area contributed by atoms with Gasteiger partial charge in [0.05, 0.1) is 11.1 Å². The van der Waals surface area contributed by atoms with Crippen LogP contribution in [0.15, 0.2) is 97.2 Å². The normalized spacial score (nSPS) is 10.9. The Morgan fingerprint density at radius 2 is 1.39 bits per heavy atom. The number of pyridine rings is 1. The summed E-state index contributed by atoms with van der Waals surface area (Å²) in [4.78, 5) is 17.1. The average Bonchev–Trinajstić information content (AvgIpc) is 2.77. The molecule has 1 aromatic heterocycles. The molecule has 0 bridgehead atoms. The Kier molecular flexibility index (Phi) is 5.43. The molecule has 0 aliphatic rings. The van der Waals surface area contributed by atoms with Crippen LogP contribution in [0.3, 0.4) is 0 Å². The molecular formula is C25H22N2O. The Morgan fingerprint density at radius 3 is 2.07 bits per heavy atom. The van der Waals surface area contributed by atoms with Crippen molar-refractivity contribution >= 4 is 16.8 Å². The van der Waals surface area contributed by atoms with E-state index in [1.54, 1.807) is 12.3 Å². The van der Waals surface area contributed by atoms with Crippen LogP contribution in [0.4, 0.5) is 0 Å². The summed E-state index contributed by atoms with van der Waals surface area (Å²) in [5.74, 6) is 0.190. The highest BCUT2D eigenvalue weighted by Crippen LogP contribution is 2.27. The molecule has 0 unspecified atom stereocenters. The van der Waals surface area contributed by atoms with E-state index in [2.05, 4.69) is 58.8 Å². The summed E-state index contributed by atoms with van der Waals surface area (Å²) in [5, 5.41) is 3.97. The van der Waals surface area contributed by atoms with Gasteiger partial charge in [0.1, 0.15) is 0 Å². The predicted molar refractivity (Wildman–Crippen MR) is 113 cm³/mol. The molecule has 138 valence electrons. The van der Waals surface area contributed by atoms with Crippen LogP contribution in [-0.4, -0.2) is 17.4 Å². The Labute approximate surface area is 165 Å². The first-order valence-corrected chi connectivity index (χ1v) is 9.55. The van der Waals surface area contributed by atoms with Crippen molar-refractivity contribution in [2.75, 3.05) is 6.54 Å². The minimum atomic E-state index is -0.0570. The molecule has 0 spiro atoms. The lowest BCUT2D eigenvalue weighted by Gasteiger charge is -2.18. The van der Waals surface area contributed by atoms with Gasteiger partial charge in [-0.2, -0.15) is 0 Å². The summed E-state index contributed by atoms with van der Waals surface area (Å²) in [6, 6.07) is 30.4. The maximum absolute atomic E-state index is 12.8. The second-order valence-electron chi connectivity index (χ2n) is 6.79.